The summed E-state index contributed by atoms with van der Waals surface area (Å²) >= 11 is 0. The van der Waals surface area contributed by atoms with Crippen LogP contribution in [0.4, 0.5) is 0 Å². The summed E-state index contributed by atoms with van der Waals surface area (Å²) in [5, 5.41) is 19.4. The Morgan fingerprint density at radius 1 is 0.833 bits per heavy atom. The quantitative estimate of drug-likeness (QED) is 0.165. The van der Waals surface area contributed by atoms with E-state index in [-0.39, 0.29) is 31.2 Å². The van der Waals surface area contributed by atoms with Crippen molar-refractivity contribution in [3.8, 4) is 0 Å². The SMILES string of the molecule is [Cl-].[Cl-].[NH3+]CCCC12CC[N+](CCCCCCC[C@H](C(=O)O)[C@H](Cc3ccccc3)C(=O)O)(CC1)CC2. The van der Waals surface area contributed by atoms with E-state index in [1.807, 2.05) is 30.3 Å². The normalized spacial score (nSPS) is 24.2. The molecule has 1 aromatic rings. The predicted octanol–water partition coefficient (Wildman–Crippen LogP) is -2.00. The Kier molecular flexibility index (Phi) is 14.4. The van der Waals surface area contributed by atoms with Gasteiger partial charge in [-0.25, -0.2) is 0 Å². The summed E-state index contributed by atoms with van der Waals surface area (Å²) in [7, 11) is 0. The highest BCUT2D eigenvalue weighted by Crippen LogP contribution is 2.47. The number of benzene rings is 1. The number of aliphatic carboxylic acids is 2. The van der Waals surface area contributed by atoms with Crippen LogP contribution in [0.1, 0.15) is 76.2 Å². The second kappa shape index (κ2) is 15.8. The molecule has 2 atom stereocenters. The molecule has 36 heavy (non-hydrogen) atoms. The molecule has 0 unspecified atom stereocenters. The molecule has 0 aliphatic carbocycles. The Labute approximate surface area is 229 Å². The van der Waals surface area contributed by atoms with Gasteiger partial charge >= 0.3 is 11.9 Å². The Morgan fingerprint density at radius 2 is 1.39 bits per heavy atom. The largest absolute Gasteiger partial charge is 1.00 e. The molecular formula is C28H46Cl2N2O4. The number of hydrogen-bond acceptors (Lipinski definition) is 2. The van der Waals surface area contributed by atoms with Crippen LogP contribution in [-0.4, -0.2) is 59.4 Å². The maximum absolute atomic E-state index is 11.9. The van der Waals surface area contributed by atoms with Gasteiger partial charge in [0.1, 0.15) is 0 Å². The number of rotatable bonds is 16. The van der Waals surface area contributed by atoms with Crippen molar-refractivity contribution in [2.75, 3.05) is 32.7 Å². The molecule has 4 rings (SSSR count). The lowest BCUT2D eigenvalue weighted by atomic mass is 9.68. The number of nitrogens with zero attached hydrogens (tertiary/aromatic N) is 1. The lowest BCUT2D eigenvalue weighted by Crippen LogP contribution is -3.00. The molecular weight excluding hydrogens is 499 g/mol. The van der Waals surface area contributed by atoms with E-state index in [2.05, 4.69) is 5.73 Å². The van der Waals surface area contributed by atoms with E-state index >= 15 is 0 Å². The fraction of sp³-hybridized carbons (Fsp3) is 0.714. The van der Waals surface area contributed by atoms with Crippen molar-refractivity contribution in [2.45, 2.75) is 77.0 Å². The molecule has 8 heteroatoms. The highest BCUT2D eigenvalue weighted by Gasteiger charge is 2.47. The summed E-state index contributed by atoms with van der Waals surface area (Å²) in [5.41, 5.74) is 5.54. The summed E-state index contributed by atoms with van der Waals surface area (Å²) in [6.45, 7) is 6.43. The Hall–Kier alpha value is -1.34. The van der Waals surface area contributed by atoms with Crippen LogP contribution in [0.25, 0.3) is 0 Å². The van der Waals surface area contributed by atoms with Gasteiger partial charge in [0.2, 0.25) is 0 Å². The van der Waals surface area contributed by atoms with Crippen molar-refractivity contribution in [1.29, 1.82) is 0 Å². The van der Waals surface area contributed by atoms with Crippen molar-refractivity contribution in [3.05, 3.63) is 35.9 Å². The summed E-state index contributed by atoms with van der Waals surface area (Å²) in [5.74, 6) is -3.71. The van der Waals surface area contributed by atoms with Gasteiger partial charge in [0.15, 0.2) is 0 Å². The van der Waals surface area contributed by atoms with E-state index in [0.29, 0.717) is 11.8 Å². The number of carboxylic acids is 2. The van der Waals surface area contributed by atoms with E-state index in [1.165, 1.54) is 75.6 Å². The second-order valence-corrected chi connectivity index (χ2v) is 11.1. The molecule has 0 saturated carbocycles. The van der Waals surface area contributed by atoms with E-state index in [4.69, 9.17) is 0 Å². The topological polar surface area (TPSA) is 102 Å². The van der Waals surface area contributed by atoms with Crippen LogP contribution in [0.15, 0.2) is 30.3 Å². The van der Waals surface area contributed by atoms with Gasteiger partial charge in [-0.2, -0.15) is 0 Å². The molecule has 0 aromatic heterocycles. The van der Waals surface area contributed by atoms with Gasteiger partial charge in [0.05, 0.1) is 44.6 Å². The smallest absolute Gasteiger partial charge is 0.307 e. The van der Waals surface area contributed by atoms with Gasteiger partial charge in [-0.15, -0.1) is 0 Å². The first-order valence-electron chi connectivity index (χ1n) is 13.5. The van der Waals surface area contributed by atoms with Crippen molar-refractivity contribution < 1.29 is 54.8 Å². The number of halogens is 2. The third-order valence-electron chi connectivity index (χ3n) is 8.87. The fourth-order valence-electron chi connectivity index (χ4n) is 6.45. The van der Waals surface area contributed by atoms with Crippen LogP contribution in [0.2, 0.25) is 0 Å². The average Bonchev–Trinajstić information content (AvgIpc) is 2.85. The summed E-state index contributed by atoms with van der Waals surface area (Å²) < 4.78 is 1.33. The molecule has 3 aliphatic heterocycles. The summed E-state index contributed by atoms with van der Waals surface area (Å²) in [6, 6.07) is 9.35. The third-order valence-corrected chi connectivity index (χ3v) is 8.87. The first-order chi connectivity index (χ1) is 16.4. The highest BCUT2D eigenvalue weighted by molar-refractivity contribution is 5.80. The summed E-state index contributed by atoms with van der Waals surface area (Å²) in [6.07, 6.45) is 12.9. The summed E-state index contributed by atoms with van der Waals surface area (Å²) in [4.78, 5) is 23.7. The van der Waals surface area contributed by atoms with E-state index in [9.17, 15) is 19.8 Å². The maximum atomic E-state index is 11.9. The van der Waals surface area contributed by atoms with Crippen LogP contribution in [0.5, 0.6) is 0 Å². The van der Waals surface area contributed by atoms with Crippen LogP contribution in [-0.2, 0) is 16.0 Å². The fourth-order valence-corrected chi connectivity index (χ4v) is 6.45. The number of piperidine rings is 3. The second-order valence-electron chi connectivity index (χ2n) is 11.1. The Balaban J connectivity index is 0.00000324. The molecule has 206 valence electrons. The monoisotopic (exact) mass is 544 g/mol. The zero-order valence-corrected chi connectivity index (χ0v) is 23.2. The number of unbranched alkanes of at least 4 members (excludes halogenated alkanes) is 4. The molecule has 0 amide bonds. The lowest BCUT2D eigenvalue weighted by molar-refractivity contribution is -0.945. The van der Waals surface area contributed by atoms with E-state index in [1.54, 1.807) is 0 Å². The molecule has 0 radical (unpaired) electrons. The van der Waals surface area contributed by atoms with Crippen molar-refractivity contribution >= 4 is 11.9 Å². The lowest BCUT2D eigenvalue weighted by Gasteiger charge is -2.55. The number of quaternary nitrogens is 2. The molecule has 2 bridgehead atoms. The molecule has 1 aromatic carbocycles. The van der Waals surface area contributed by atoms with Crippen molar-refractivity contribution in [1.82, 2.24) is 0 Å². The first kappa shape index (κ1) is 32.7. The first-order valence-corrected chi connectivity index (χ1v) is 13.5. The molecule has 3 saturated heterocycles. The average molecular weight is 546 g/mol. The standard InChI is InChI=1S/C28H44N2O4.2ClH/c29-17-9-13-28-14-19-30(20-15-28,21-16-28)18-8-3-1-2-7-12-24(26(31)32)25(27(33)34)22-23-10-5-4-6-11-23;;/h4-6,10-11,24-25H,1-3,7-9,12-22,29H2,(H-,31,32,33,34);2*1H/t24-,25-,28?,30?;;/m0../s1. The highest BCUT2D eigenvalue weighted by atomic mass is 35.5. The number of carbonyl (C=O) groups is 2. The zero-order valence-electron chi connectivity index (χ0n) is 21.7. The van der Waals surface area contributed by atoms with Gasteiger partial charge in [-0.1, -0.05) is 49.6 Å². The van der Waals surface area contributed by atoms with Crippen LogP contribution < -0.4 is 30.5 Å². The van der Waals surface area contributed by atoms with Gasteiger partial charge in [-0.05, 0) is 49.5 Å². The molecule has 3 fully saturated rings. The molecule has 3 heterocycles. The number of hydrogen-bond donors (Lipinski definition) is 3. The van der Waals surface area contributed by atoms with Gasteiger partial charge < -0.3 is 45.2 Å². The molecule has 3 aliphatic rings. The molecule has 5 N–H and O–H groups in total. The Morgan fingerprint density at radius 3 is 1.94 bits per heavy atom. The maximum Gasteiger partial charge on any atom is 0.307 e. The number of fused-ring (bicyclic) bond motifs is 3. The Bertz CT molecular complexity index is 768. The van der Waals surface area contributed by atoms with Crippen molar-refractivity contribution in [3.63, 3.8) is 0 Å². The molecule has 6 nitrogen and oxygen atoms in total. The minimum absolute atomic E-state index is 0. The third kappa shape index (κ3) is 9.20. The van der Waals surface area contributed by atoms with Gasteiger partial charge in [-0.3, -0.25) is 9.59 Å². The minimum atomic E-state index is -1.01. The van der Waals surface area contributed by atoms with E-state index in [0.717, 1.165) is 31.4 Å². The van der Waals surface area contributed by atoms with Crippen LogP contribution in [0.3, 0.4) is 0 Å². The van der Waals surface area contributed by atoms with Gasteiger partial charge in [0, 0.05) is 19.3 Å². The minimum Gasteiger partial charge on any atom is -1.00 e. The molecule has 0 spiro atoms. The number of carboxylic acid groups (broad SMARTS) is 2. The van der Waals surface area contributed by atoms with Gasteiger partial charge in [0.25, 0.3) is 0 Å². The van der Waals surface area contributed by atoms with Crippen molar-refractivity contribution in [2.24, 2.45) is 17.3 Å². The zero-order chi connectivity index (χ0) is 24.4. The van der Waals surface area contributed by atoms with Crippen LogP contribution >= 0.6 is 0 Å². The van der Waals surface area contributed by atoms with Crippen LogP contribution in [0, 0.1) is 17.3 Å². The van der Waals surface area contributed by atoms with E-state index < -0.39 is 23.8 Å². The predicted molar refractivity (Wildman–Crippen MR) is 133 cm³/mol.